The first-order chi connectivity index (χ1) is 18.0. The maximum Gasteiger partial charge on any atom is 0.328 e. The summed E-state index contributed by atoms with van der Waals surface area (Å²) in [6.07, 6.45) is 0. The Hall–Kier alpha value is -4.57. The van der Waals surface area contributed by atoms with E-state index >= 15 is 0 Å². The van der Waals surface area contributed by atoms with Crippen LogP contribution in [0.4, 0.5) is 5.69 Å². The summed E-state index contributed by atoms with van der Waals surface area (Å²) >= 11 is 6.22. The number of hydrogen-bond donors (Lipinski definition) is 5. The minimum absolute atomic E-state index is 0.0342. The number of carboxylic acids is 1. The first-order valence-corrected chi connectivity index (χ1v) is 11.9. The fourth-order valence-electron chi connectivity index (χ4n) is 3.44. The minimum atomic E-state index is -1.42. The Morgan fingerprint density at radius 3 is 2.13 bits per heavy atom. The second-order valence-corrected chi connectivity index (χ2v) is 8.97. The van der Waals surface area contributed by atoms with Crippen molar-refractivity contribution in [1.29, 1.82) is 0 Å². The number of rotatable bonds is 10. The van der Waals surface area contributed by atoms with Gasteiger partial charge in [0.1, 0.15) is 11.8 Å². The molecule has 0 spiro atoms. The van der Waals surface area contributed by atoms with Gasteiger partial charge >= 0.3 is 5.97 Å². The maximum atomic E-state index is 12.7. The van der Waals surface area contributed by atoms with E-state index in [1.54, 1.807) is 36.4 Å². The van der Waals surface area contributed by atoms with Crippen LogP contribution in [0.5, 0.6) is 5.75 Å². The van der Waals surface area contributed by atoms with Crippen LogP contribution in [0.1, 0.15) is 36.6 Å². The van der Waals surface area contributed by atoms with E-state index in [4.69, 9.17) is 11.6 Å². The van der Waals surface area contributed by atoms with Gasteiger partial charge in [0.05, 0.1) is 10.6 Å². The van der Waals surface area contributed by atoms with Gasteiger partial charge in [-0.15, -0.1) is 0 Å². The fraction of sp³-hybridized carbons (Fsp3) is 0.185. The Kier molecular flexibility index (Phi) is 9.28. The van der Waals surface area contributed by atoms with Gasteiger partial charge in [-0.3, -0.25) is 14.4 Å². The molecule has 1 atom stereocenters. The van der Waals surface area contributed by atoms with Crippen LogP contribution in [0.2, 0.25) is 5.02 Å². The predicted octanol–water partition coefficient (Wildman–Crippen LogP) is 2.65. The minimum Gasteiger partial charge on any atom is -0.508 e. The van der Waals surface area contributed by atoms with E-state index in [0.29, 0.717) is 11.1 Å². The summed E-state index contributed by atoms with van der Waals surface area (Å²) in [5.74, 6) is -2.99. The van der Waals surface area contributed by atoms with Crippen LogP contribution < -0.4 is 20.9 Å². The van der Waals surface area contributed by atoms with Gasteiger partial charge in [0.25, 0.3) is 17.7 Å². The summed E-state index contributed by atoms with van der Waals surface area (Å²) in [6, 6.07) is 15.7. The van der Waals surface area contributed by atoms with Gasteiger partial charge in [0.15, 0.2) is 0 Å². The number of nitrogens with one attached hydrogen (secondary N) is 3. The smallest absolute Gasteiger partial charge is 0.328 e. The number of halogens is 1. The van der Waals surface area contributed by atoms with Gasteiger partial charge in [0, 0.05) is 44.0 Å². The lowest BCUT2D eigenvalue weighted by molar-refractivity contribution is -0.139. The van der Waals surface area contributed by atoms with Gasteiger partial charge < -0.3 is 31.1 Å². The van der Waals surface area contributed by atoms with Crippen molar-refractivity contribution < 1.29 is 29.4 Å². The van der Waals surface area contributed by atoms with Crippen molar-refractivity contribution in [1.82, 2.24) is 16.0 Å². The average molecular weight is 539 g/mol. The second-order valence-electron chi connectivity index (χ2n) is 8.56. The third-order valence-electron chi connectivity index (χ3n) is 5.56. The number of carbonyl (C=O) groups is 4. The zero-order valence-corrected chi connectivity index (χ0v) is 21.5. The standard InChI is InChI=1S/C27H27ClN4O6/c1-32(2)19-9-6-17(7-10-19)24(34)30-15-23(27(37)38)31-26(36)21-11-8-18(13-22(21)28)25(35)29-14-16-4-3-5-20(33)12-16/h3-13,23,33H,14-15H2,1-2H3,(H,29,35)(H,30,34)(H,31,36)(H,37,38)/t23-/m0/s1. The quantitative estimate of drug-likeness (QED) is 0.266. The van der Waals surface area contributed by atoms with Gasteiger partial charge in [-0.25, -0.2) is 4.79 Å². The maximum absolute atomic E-state index is 12.7. The van der Waals surface area contributed by atoms with E-state index in [9.17, 15) is 29.4 Å². The Balaban J connectivity index is 1.59. The number of carbonyl (C=O) groups excluding carboxylic acids is 3. The molecule has 0 saturated carbocycles. The lowest BCUT2D eigenvalue weighted by Crippen LogP contribution is -2.48. The summed E-state index contributed by atoms with van der Waals surface area (Å²) in [4.78, 5) is 51.2. The third-order valence-corrected chi connectivity index (χ3v) is 5.87. The molecule has 3 aromatic carbocycles. The highest BCUT2D eigenvalue weighted by molar-refractivity contribution is 6.34. The van der Waals surface area contributed by atoms with Crippen LogP contribution >= 0.6 is 11.6 Å². The SMILES string of the molecule is CN(C)c1ccc(C(=O)NC[C@H](NC(=O)c2ccc(C(=O)NCc3cccc(O)c3)cc2Cl)C(=O)O)cc1. The fourth-order valence-corrected chi connectivity index (χ4v) is 3.70. The number of aromatic hydroxyl groups is 1. The molecule has 11 heteroatoms. The van der Waals surface area contributed by atoms with Crippen LogP contribution in [0.3, 0.4) is 0 Å². The molecule has 0 aromatic heterocycles. The zero-order chi connectivity index (χ0) is 27.8. The van der Waals surface area contributed by atoms with Crippen LogP contribution in [-0.2, 0) is 11.3 Å². The summed E-state index contributed by atoms with van der Waals surface area (Å²) in [5.41, 5.74) is 2.08. The molecule has 3 rings (SSSR count). The summed E-state index contributed by atoms with van der Waals surface area (Å²) < 4.78 is 0. The van der Waals surface area contributed by atoms with Gasteiger partial charge in [0.2, 0.25) is 0 Å². The summed E-state index contributed by atoms with van der Waals surface area (Å²) in [5, 5.41) is 26.5. The number of amides is 3. The molecule has 5 N–H and O–H groups in total. The number of aliphatic carboxylic acids is 1. The Labute approximate surface area is 224 Å². The van der Waals surface area contributed by atoms with E-state index < -0.39 is 29.7 Å². The largest absolute Gasteiger partial charge is 0.508 e. The van der Waals surface area contributed by atoms with Crippen LogP contribution in [-0.4, -0.2) is 60.6 Å². The predicted molar refractivity (Wildman–Crippen MR) is 143 cm³/mol. The van der Waals surface area contributed by atoms with Gasteiger partial charge in [-0.05, 0) is 60.2 Å². The normalized spacial score (nSPS) is 11.2. The van der Waals surface area contributed by atoms with Crippen molar-refractivity contribution >= 4 is 41.0 Å². The number of nitrogens with zero attached hydrogens (tertiary/aromatic N) is 1. The van der Waals surface area contributed by atoms with Crippen molar-refractivity contribution in [2.24, 2.45) is 0 Å². The highest BCUT2D eigenvalue weighted by atomic mass is 35.5. The summed E-state index contributed by atoms with van der Waals surface area (Å²) in [6.45, 7) is -0.193. The van der Waals surface area contributed by atoms with Crippen molar-refractivity contribution in [2.75, 3.05) is 25.5 Å². The lowest BCUT2D eigenvalue weighted by atomic mass is 10.1. The number of phenols is 1. The first kappa shape index (κ1) is 28.0. The zero-order valence-electron chi connectivity index (χ0n) is 20.7. The van der Waals surface area contributed by atoms with Crippen molar-refractivity contribution in [3.05, 3.63) is 94.0 Å². The molecule has 10 nitrogen and oxygen atoms in total. The van der Waals surface area contributed by atoms with Crippen molar-refractivity contribution in [3.8, 4) is 5.75 Å². The molecule has 0 aliphatic carbocycles. The van der Waals surface area contributed by atoms with Crippen molar-refractivity contribution in [3.63, 3.8) is 0 Å². The molecule has 0 aliphatic rings. The monoisotopic (exact) mass is 538 g/mol. The van der Waals surface area contributed by atoms with Crippen LogP contribution in [0, 0.1) is 0 Å². The van der Waals surface area contributed by atoms with E-state index in [-0.39, 0.29) is 35.0 Å². The molecule has 0 bridgehead atoms. The molecule has 0 heterocycles. The number of phenolic OH excluding ortho intramolecular Hbond substituents is 1. The Morgan fingerprint density at radius 1 is 0.868 bits per heavy atom. The molecule has 3 aromatic rings. The highest BCUT2D eigenvalue weighted by Gasteiger charge is 2.23. The van der Waals surface area contributed by atoms with Gasteiger partial charge in [-0.2, -0.15) is 0 Å². The Morgan fingerprint density at radius 2 is 1.53 bits per heavy atom. The van der Waals surface area contributed by atoms with E-state index in [2.05, 4.69) is 16.0 Å². The molecular formula is C27H27ClN4O6. The third kappa shape index (κ3) is 7.47. The van der Waals surface area contributed by atoms with Crippen LogP contribution in [0.25, 0.3) is 0 Å². The highest BCUT2D eigenvalue weighted by Crippen LogP contribution is 2.19. The summed E-state index contributed by atoms with van der Waals surface area (Å²) in [7, 11) is 3.73. The number of anilines is 1. The van der Waals surface area contributed by atoms with E-state index in [1.807, 2.05) is 19.0 Å². The van der Waals surface area contributed by atoms with Crippen LogP contribution in [0.15, 0.2) is 66.7 Å². The molecular weight excluding hydrogens is 512 g/mol. The molecule has 0 fully saturated rings. The van der Waals surface area contributed by atoms with Crippen molar-refractivity contribution in [2.45, 2.75) is 12.6 Å². The molecule has 0 aliphatic heterocycles. The molecule has 3 amide bonds. The number of hydrogen-bond acceptors (Lipinski definition) is 6. The lowest BCUT2D eigenvalue weighted by Gasteiger charge is -2.17. The molecule has 0 radical (unpaired) electrons. The first-order valence-electron chi connectivity index (χ1n) is 11.5. The average Bonchev–Trinajstić information content (AvgIpc) is 2.89. The van der Waals surface area contributed by atoms with E-state index in [0.717, 1.165) is 5.69 Å². The number of benzene rings is 3. The number of carboxylic acid groups (broad SMARTS) is 1. The molecule has 0 unspecified atom stereocenters. The molecule has 38 heavy (non-hydrogen) atoms. The second kappa shape index (κ2) is 12.6. The van der Waals surface area contributed by atoms with Gasteiger partial charge in [-0.1, -0.05) is 23.7 Å². The van der Waals surface area contributed by atoms with E-state index in [1.165, 1.54) is 30.3 Å². The Bertz CT molecular complexity index is 1340. The topological polar surface area (TPSA) is 148 Å². The molecule has 0 saturated heterocycles. The molecule has 198 valence electrons.